The summed E-state index contributed by atoms with van der Waals surface area (Å²) in [6.45, 7) is 2.07. The molecule has 0 radical (unpaired) electrons. The van der Waals surface area contributed by atoms with Crippen molar-refractivity contribution in [3.63, 3.8) is 0 Å². The number of rotatable bonds is 2. The number of benzene rings is 1. The molecule has 0 unspecified atom stereocenters. The van der Waals surface area contributed by atoms with Crippen molar-refractivity contribution < 1.29 is 4.39 Å². The van der Waals surface area contributed by atoms with Crippen LogP contribution in [0.1, 0.15) is 12.6 Å². The number of aryl methyl sites for hydroxylation is 1. The van der Waals surface area contributed by atoms with Crippen LogP contribution in [0.5, 0.6) is 0 Å². The van der Waals surface area contributed by atoms with Crippen molar-refractivity contribution in [2.24, 2.45) is 0 Å². The number of nitrogens with one attached hydrogen (secondary N) is 1. The van der Waals surface area contributed by atoms with Gasteiger partial charge in [0, 0.05) is 11.3 Å². The molecule has 0 saturated heterocycles. The Hall–Kier alpha value is -0.910. The minimum absolute atomic E-state index is 0.222. The molecule has 2 rings (SSSR count). The van der Waals surface area contributed by atoms with Gasteiger partial charge >= 0.3 is 0 Å². The molecular formula is C11H10FIN2. The van der Waals surface area contributed by atoms with Crippen molar-refractivity contribution in [1.29, 1.82) is 0 Å². The number of nitrogens with zero attached hydrogens (tertiary/aromatic N) is 1. The van der Waals surface area contributed by atoms with Crippen molar-refractivity contribution >= 4 is 22.6 Å². The topological polar surface area (TPSA) is 28.7 Å². The molecule has 1 heterocycles. The molecular weight excluding hydrogens is 306 g/mol. The first-order chi connectivity index (χ1) is 7.22. The van der Waals surface area contributed by atoms with E-state index in [1.54, 1.807) is 12.1 Å². The van der Waals surface area contributed by atoms with Crippen LogP contribution in [-0.2, 0) is 6.42 Å². The highest BCUT2D eigenvalue weighted by Gasteiger charge is 2.10. The van der Waals surface area contributed by atoms with Crippen LogP contribution >= 0.6 is 22.6 Å². The fraction of sp³-hybridized carbons (Fsp3) is 0.182. The van der Waals surface area contributed by atoms with Gasteiger partial charge in [0.2, 0.25) is 0 Å². The lowest BCUT2D eigenvalue weighted by Crippen LogP contribution is -1.83. The quantitative estimate of drug-likeness (QED) is 0.846. The van der Waals surface area contributed by atoms with Crippen LogP contribution in [-0.4, -0.2) is 10.2 Å². The Morgan fingerprint density at radius 1 is 1.33 bits per heavy atom. The second-order valence-corrected chi connectivity index (χ2v) is 4.30. The lowest BCUT2D eigenvalue weighted by molar-refractivity contribution is 0.628. The van der Waals surface area contributed by atoms with Gasteiger partial charge in [0.05, 0.1) is 3.57 Å². The monoisotopic (exact) mass is 316 g/mol. The minimum atomic E-state index is -0.222. The summed E-state index contributed by atoms with van der Waals surface area (Å²) in [4.78, 5) is 0. The summed E-state index contributed by atoms with van der Waals surface area (Å²) in [7, 11) is 0. The number of aromatic amines is 1. The summed E-state index contributed by atoms with van der Waals surface area (Å²) in [5, 5.41) is 7.22. The molecule has 1 N–H and O–H groups in total. The van der Waals surface area contributed by atoms with E-state index >= 15 is 0 Å². The van der Waals surface area contributed by atoms with Crippen molar-refractivity contribution in [2.75, 3.05) is 0 Å². The van der Waals surface area contributed by atoms with Crippen LogP contribution in [0.4, 0.5) is 4.39 Å². The highest BCUT2D eigenvalue weighted by Crippen LogP contribution is 2.25. The predicted octanol–water partition coefficient (Wildman–Crippen LogP) is 3.38. The van der Waals surface area contributed by atoms with E-state index in [9.17, 15) is 4.39 Å². The summed E-state index contributed by atoms with van der Waals surface area (Å²) >= 11 is 2.26. The van der Waals surface area contributed by atoms with E-state index in [-0.39, 0.29) is 5.82 Å². The third-order valence-electron chi connectivity index (χ3n) is 2.25. The highest BCUT2D eigenvalue weighted by molar-refractivity contribution is 14.1. The Labute approximate surface area is 101 Å². The van der Waals surface area contributed by atoms with Crippen LogP contribution < -0.4 is 0 Å². The third kappa shape index (κ3) is 2.04. The van der Waals surface area contributed by atoms with E-state index in [0.29, 0.717) is 0 Å². The zero-order chi connectivity index (χ0) is 10.8. The van der Waals surface area contributed by atoms with Gasteiger partial charge in [-0.1, -0.05) is 6.92 Å². The van der Waals surface area contributed by atoms with Gasteiger partial charge in [-0.15, -0.1) is 0 Å². The summed E-state index contributed by atoms with van der Waals surface area (Å²) in [5.74, 6) is -0.222. The number of halogens is 2. The minimum Gasteiger partial charge on any atom is -0.281 e. The second-order valence-electron chi connectivity index (χ2n) is 3.23. The van der Waals surface area contributed by atoms with E-state index in [1.165, 1.54) is 12.1 Å². The third-order valence-corrected chi connectivity index (χ3v) is 3.41. The fourth-order valence-corrected chi connectivity index (χ4v) is 2.33. The molecule has 1 aromatic carbocycles. The molecule has 2 nitrogen and oxygen atoms in total. The van der Waals surface area contributed by atoms with E-state index in [4.69, 9.17) is 0 Å². The maximum Gasteiger partial charge on any atom is 0.123 e. The van der Waals surface area contributed by atoms with Gasteiger partial charge in [-0.2, -0.15) is 5.10 Å². The Balaban J connectivity index is 2.45. The summed E-state index contributed by atoms with van der Waals surface area (Å²) < 4.78 is 13.9. The van der Waals surface area contributed by atoms with Crippen molar-refractivity contribution in [1.82, 2.24) is 10.2 Å². The zero-order valence-corrected chi connectivity index (χ0v) is 10.4. The Morgan fingerprint density at radius 3 is 2.53 bits per heavy atom. The lowest BCUT2D eigenvalue weighted by Gasteiger charge is -1.97. The Kier molecular flexibility index (Phi) is 3.04. The zero-order valence-electron chi connectivity index (χ0n) is 8.22. The average Bonchev–Trinajstić information content (AvgIpc) is 2.61. The molecule has 0 bridgehead atoms. The van der Waals surface area contributed by atoms with E-state index < -0.39 is 0 Å². The van der Waals surface area contributed by atoms with Gasteiger partial charge in [0.25, 0.3) is 0 Å². The molecule has 78 valence electrons. The smallest absolute Gasteiger partial charge is 0.123 e. The first-order valence-electron chi connectivity index (χ1n) is 4.71. The second kappa shape index (κ2) is 4.30. The van der Waals surface area contributed by atoms with Crippen LogP contribution in [0.15, 0.2) is 24.3 Å². The molecule has 0 aliphatic carbocycles. The number of aromatic nitrogens is 2. The maximum atomic E-state index is 12.7. The molecule has 0 fully saturated rings. The van der Waals surface area contributed by atoms with Gasteiger partial charge in [0.1, 0.15) is 11.5 Å². The van der Waals surface area contributed by atoms with Crippen LogP contribution in [0.2, 0.25) is 0 Å². The van der Waals surface area contributed by atoms with Gasteiger partial charge in [-0.25, -0.2) is 4.39 Å². The highest BCUT2D eigenvalue weighted by atomic mass is 127. The molecule has 15 heavy (non-hydrogen) atoms. The Bertz CT molecular complexity index is 462. The molecule has 0 amide bonds. The van der Waals surface area contributed by atoms with Gasteiger partial charge in [0.15, 0.2) is 0 Å². The first kappa shape index (κ1) is 10.6. The average molecular weight is 316 g/mol. The lowest BCUT2D eigenvalue weighted by atomic mass is 10.1. The van der Waals surface area contributed by atoms with Crippen LogP contribution in [0, 0.1) is 9.39 Å². The predicted molar refractivity (Wildman–Crippen MR) is 66.1 cm³/mol. The fourth-order valence-electron chi connectivity index (χ4n) is 1.40. The number of hydrogen-bond donors (Lipinski definition) is 1. The SMILES string of the molecule is CCc1[nH]nc(-c2ccc(F)cc2)c1I. The maximum absolute atomic E-state index is 12.7. The first-order valence-corrected chi connectivity index (χ1v) is 5.79. The molecule has 0 atom stereocenters. The van der Waals surface area contributed by atoms with Crippen LogP contribution in [0.3, 0.4) is 0 Å². The van der Waals surface area contributed by atoms with Gasteiger partial charge < -0.3 is 0 Å². The molecule has 0 spiro atoms. The van der Waals surface area contributed by atoms with E-state index in [1.807, 2.05) is 0 Å². The molecule has 1 aromatic heterocycles. The van der Waals surface area contributed by atoms with Gasteiger partial charge in [-0.05, 0) is 53.3 Å². The number of hydrogen-bond acceptors (Lipinski definition) is 1. The van der Waals surface area contributed by atoms with Crippen molar-refractivity contribution in [3.05, 3.63) is 39.3 Å². The molecule has 4 heteroatoms. The number of H-pyrrole nitrogens is 1. The largest absolute Gasteiger partial charge is 0.281 e. The molecule has 0 saturated carbocycles. The molecule has 2 aromatic rings. The summed E-state index contributed by atoms with van der Waals surface area (Å²) in [6, 6.07) is 6.39. The normalized spacial score (nSPS) is 10.6. The molecule has 0 aliphatic rings. The van der Waals surface area contributed by atoms with Crippen molar-refractivity contribution in [2.45, 2.75) is 13.3 Å². The van der Waals surface area contributed by atoms with Crippen molar-refractivity contribution in [3.8, 4) is 11.3 Å². The summed E-state index contributed by atoms with van der Waals surface area (Å²) in [5.41, 5.74) is 2.96. The Morgan fingerprint density at radius 2 is 2.00 bits per heavy atom. The van der Waals surface area contributed by atoms with Gasteiger partial charge in [-0.3, -0.25) is 5.10 Å². The van der Waals surface area contributed by atoms with E-state index in [0.717, 1.165) is 26.9 Å². The van der Waals surface area contributed by atoms with E-state index in [2.05, 4.69) is 39.7 Å². The summed E-state index contributed by atoms with van der Waals surface area (Å²) in [6.07, 6.45) is 0.923. The van der Waals surface area contributed by atoms with Crippen LogP contribution in [0.25, 0.3) is 11.3 Å². The standard InChI is InChI=1S/C11H10FIN2/c1-2-9-10(13)11(15-14-9)7-3-5-8(12)6-4-7/h3-6H,2H2,1H3,(H,14,15). The molecule has 0 aliphatic heterocycles.